The molecule has 4 bridgehead atoms. The molecule has 108 valence electrons. The van der Waals surface area contributed by atoms with Gasteiger partial charge in [0.2, 0.25) is 0 Å². The van der Waals surface area contributed by atoms with E-state index in [1.54, 1.807) is 0 Å². The van der Waals surface area contributed by atoms with E-state index in [4.69, 9.17) is 0 Å². The zero-order valence-corrected chi connectivity index (χ0v) is 14.3. The number of hydrogen-bond acceptors (Lipinski definition) is 1. The molecule has 3 saturated heterocycles. The summed E-state index contributed by atoms with van der Waals surface area (Å²) >= 11 is 0. The second kappa shape index (κ2) is 3.41. The van der Waals surface area contributed by atoms with Gasteiger partial charge in [-0.05, 0) is 55.4 Å². The molecule has 6 unspecified atom stereocenters. The van der Waals surface area contributed by atoms with Crippen molar-refractivity contribution in [3.63, 3.8) is 0 Å². The van der Waals surface area contributed by atoms with Crippen LogP contribution in [0.4, 0.5) is 0 Å². The molecule has 2 heteroatoms. The van der Waals surface area contributed by atoms with Gasteiger partial charge in [0, 0.05) is 16.6 Å². The van der Waals surface area contributed by atoms with Crippen LogP contribution in [0.1, 0.15) is 53.9 Å². The van der Waals surface area contributed by atoms with E-state index in [9.17, 15) is 0 Å². The Morgan fingerprint density at radius 1 is 1.21 bits per heavy atom. The summed E-state index contributed by atoms with van der Waals surface area (Å²) in [5, 5.41) is 4.49. The molecule has 1 N–H and O–H groups in total. The van der Waals surface area contributed by atoms with Crippen LogP contribution in [-0.2, 0) is 0 Å². The van der Waals surface area contributed by atoms with E-state index in [0.717, 1.165) is 29.1 Å². The van der Waals surface area contributed by atoms with Crippen molar-refractivity contribution in [1.29, 1.82) is 0 Å². The highest BCUT2D eigenvalue weighted by Gasteiger charge is 2.91. The topological polar surface area (TPSA) is 12.0 Å². The van der Waals surface area contributed by atoms with Crippen LogP contribution in [0.3, 0.4) is 0 Å². The Bertz CT molecular complexity index is 427. The first kappa shape index (κ1) is 13.1. The molecule has 6 atom stereocenters. The molecule has 1 nitrogen and oxygen atoms in total. The third-order valence-electron chi connectivity index (χ3n) is 7.94. The predicted molar refractivity (Wildman–Crippen MR) is 84.1 cm³/mol. The van der Waals surface area contributed by atoms with Crippen molar-refractivity contribution in [2.75, 3.05) is 7.05 Å². The first-order valence-electron chi connectivity index (χ1n) is 8.35. The molecule has 0 spiro atoms. The molecule has 0 aromatic rings. The van der Waals surface area contributed by atoms with Gasteiger partial charge < -0.3 is 5.32 Å². The molecule has 2 aliphatic carbocycles. The maximum Gasteiger partial charge on any atom is 0.0294 e. The lowest BCUT2D eigenvalue weighted by Crippen LogP contribution is -2.64. The Hall–Kier alpha value is 0.390. The zero-order valence-electron chi connectivity index (χ0n) is 13.5. The molecule has 0 aromatic heterocycles. The summed E-state index contributed by atoms with van der Waals surface area (Å²) in [5.74, 6) is 3.01. The third-order valence-corrected chi connectivity index (χ3v) is 12.0. The first-order chi connectivity index (χ1) is 8.87. The molecule has 5 aliphatic rings. The Morgan fingerprint density at radius 2 is 1.84 bits per heavy atom. The smallest absolute Gasteiger partial charge is 0.0294 e. The minimum Gasteiger partial charge on any atom is -0.313 e. The van der Waals surface area contributed by atoms with Crippen LogP contribution >= 0.6 is 7.92 Å². The van der Waals surface area contributed by atoms with Crippen LogP contribution in [0.25, 0.3) is 0 Å². The quantitative estimate of drug-likeness (QED) is 0.768. The highest BCUT2D eigenvalue weighted by molar-refractivity contribution is 7.70. The van der Waals surface area contributed by atoms with Crippen molar-refractivity contribution in [1.82, 2.24) is 5.32 Å². The summed E-state index contributed by atoms with van der Waals surface area (Å²) < 4.78 is 0. The van der Waals surface area contributed by atoms with Gasteiger partial charge in [0.25, 0.3) is 0 Å². The average molecular weight is 279 g/mol. The molecule has 0 radical (unpaired) electrons. The van der Waals surface area contributed by atoms with Gasteiger partial charge in [-0.25, -0.2) is 0 Å². The fraction of sp³-hybridized carbons (Fsp3) is 1.00. The fourth-order valence-electron chi connectivity index (χ4n) is 7.62. The van der Waals surface area contributed by atoms with Crippen molar-refractivity contribution >= 4 is 7.92 Å². The van der Waals surface area contributed by atoms with Gasteiger partial charge in [0.05, 0.1) is 0 Å². The molecule has 19 heavy (non-hydrogen) atoms. The molecular weight excluding hydrogens is 249 g/mol. The summed E-state index contributed by atoms with van der Waals surface area (Å²) in [7, 11) is 2.55. The second-order valence-corrected chi connectivity index (χ2v) is 11.6. The summed E-state index contributed by atoms with van der Waals surface area (Å²) in [6, 6.07) is 0. The Kier molecular flexibility index (Phi) is 2.35. The average Bonchev–Trinajstić information content (AvgIpc) is 2.94. The summed E-state index contributed by atoms with van der Waals surface area (Å²) in [6.45, 7) is 12.8. The molecule has 5 rings (SSSR count). The molecule has 0 aromatic carbocycles. The van der Waals surface area contributed by atoms with Crippen molar-refractivity contribution in [2.45, 2.75) is 75.9 Å². The summed E-state index contributed by atoms with van der Waals surface area (Å²) in [4.78, 5) is 0. The molecule has 2 saturated carbocycles. The molecule has 5 fully saturated rings. The van der Waals surface area contributed by atoms with Crippen molar-refractivity contribution in [3.05, 3.63) is 0 Å². The van der Waals surface area contributed by atoms with E-state index in [-0.39, 0.29) is 0 Å². The largest absolute Gasteiger partial charge is 0.313 e. The van der Waals surface area contributed by atoms with Crippen molar-refractivity contribution in [3.8, 4) is 0 Å². The van der Waals surface area contributed by atoms with Crippen LogP contribution in [-0.4, -0.2) is 29.1 Å². The summed E-state index contributed by atoms with van der Waals surface area (Å²) in [5.41, 5.74) is 3.21. The van der Waals surface area contributed by atoms with Crippen molar-refractivity contribution in [2.24, 2.45) is 23.2 Å². The third kappa shape index (κ3) is 1.03. The SMILES string of the molecule is CCC1C2C3P2C(C)(C)C1(C1CC(C)C1)C3(C)NC. The second-order valence-electron chi connectivity index (χ2n) is 8.51. The predicted octanol–water partition coefficient (Wildman–Crippen LogP) is 4.06. The van der Waals surface area contributed by atoms with Gasteiger partial charge in [0.15, 0.2) is 0 Å². The minimum atomic E-state index is 0.303. The standard InChI is InChI=1S/C17H30NP/c1-7-12-13-14-16(5,18-6)17(12,11-8-10(2)9-11)15(3,4)19(13)14/h10-14,18H,7-9H2,1-6H3. The lowest BCUT2D eigenvalue weighted by atomic mass is 9.48. The normalized spacial score (nSPS) is 64.1. The number of hydrogen-bond donors (Lipinski definition) is 1. The first-order valence-corrected chi connectivity index (χ1v) is 9.83. The Morgan fingerprint density at radius 3 is 2.32 bits per heavy atom. The highest BCUT2D eigenvalue weighted by Crippen LogP contribution is 2.99. The van der Waals surface area contributed by atoms with Crippen LogP contribution in [0.15, 0.2) is 0 Å². The Labute approximate surface area is 120 Å². The molecule has 3 heterocycles. The zero-order chi connectivity index (χ0) is 13.8. The lowest BCUT2D eigenvalue weighted by Gasteiger charge is -2.59. The van der Waals surface area contributed by atoms with E-state index < -0.39 is 0 Å². The van der Waals surface area contributed by atoms with Gasteiger partial charge in [-0.3, -0.25) is 0 Å². The van der Waals surface area contributed by atoms with E-state index in [0.29, 0.717) is 24.0 Å². The van der Waals surface area contributed by atoms with E-state index in [2.05, 4.69) is 47.0 Å². The Balaban J connectivity index is 1.86. The highest BCUT2D eigenvalue weighted by atomic mass is 31.1. The van der Waals surface area contributed by atoms with E-state index in [1.807, 2.05) is 0 Å². The van der Waals surface area contributed by atoms with Gasteiger partial charge in [-0.2, -0.15) is 0 Å². The van der Waals surface area contributed by atoms with Crippen LogP contribution in [0, 0.1) is 23.2 Å². The number of nitrogens with one attached hydrogen (secondary N) is 1. The van der Waals surface area contributed by atoms with Crippen LogP contribution in [0.2, 0.25) is 0 Å². The maximum atomic E-state index is 3.86. The van der Waals surface area contributed by atoms with Crippen LogP contribution in [0.5, 0.6) is 0 Å². The van der Waals surface area contributed by atoms with E-state index in [1.165, 1.54) is 19.3 Å². The maximum absolute atomic E-state index is 3.86. The van der Waals surface area contributed by atoms with Gasteiger partial charge in [-0.15, -0.1) is 0 Å². The summed E-state index contributed by atoms with van der Waals surface area (Å²) in [6.07, 6.45) is 4.42. The molecule has 3 aliphatic heterocycles. The minimum absolute atomic E-state index is 0.303. The van der Waals surface area contributed by atoms with Gasteiger partial charge >= 0.3 is 0 Å². The lowest BCUT2D eigenvalue weighted by molar-refractivity contribution is -0.0578. The monoisotopic (exact) mass is 279 g/mol. The van der Waals surface area contributed by atoms with Gasteiger partial charge in [0.1, 0.15) is 0 Å². The fourth-order valence-corrected chi connectivity index (χ4v) is 13.0. The van der Waals surface area contributed by atoms with Crippen molar-refractivity contribution < 1.29 is 0 Å². The molecular formula is C17H30NP. The number of rotatable bonds is 3. The molecule has 0 amide bonds. The van der Waals surface area contributed by atoms with Crippen LogP contribution < -0.4 is 5.32 Å². The van der Waals surface area contributed by atoms with E-state index >= 15 is 0 Å². The van der Waals surface area contributed by atoms with Gasteiger partial charge in [-0.1, -0.05) is 42.0 Å².